The molecule has 1 heterocycles. The normalized spacial score (nSPS) is 11.8. The van der Waals surface area contributed by atoms with Crippen LogP contribution in [0.5, 0.6) is 5.75 Å². The van der Waals surface area contributed by atoms with Crippen LogP contribution in [0, 0.1) is 0 Å². The minimum Gasteiger partial charge on any atom is -0.493 e. The largest absolute Gasteiger partial charge is 0.493 e. The Balaban J connectivity index is 2.21. The highest BCUT2D eigenvalue weighted by Crippen LogP contribution is 2.42. The molecule has 0 spiro atoms. The zero-order valence-corrected chi connectivity index (χ0v) is 20.5. The zero-order chi connectivity index (χ0) is 23.1. The first-order valence-corrected chi connectivity index (χ1v) is 12.5. The highest BCUT2D eigenvalue weighted by molar-refractivity contribution is 7.20. The van der Waals surface area contributed by atoms with E-state index in [1.165, 1.54) is 17.2 Å². The van der Waals surface area contributed by atoms with Crippen LogP contribution in [0.3, 0.4) is 0 Å². The Morgan fingerprint density at radius 3 is 2.50 bits per heavy atom. The highest BCUT2D eigenvalue weighted by Gasteiger charge is 2.17. The van der Waals surface area contributed by atoms with Crippen molar-refractivity contribution in [2.24, 2.45) is 0 Å². The molecule has 0 aliphatic carbocycles. The Kier molecular flexibility index (Phi) is 8.52. The highest BCUT2D eigenvalue weighted by atomic mass is 32.1. The third kappa shape index (κ3) is 5.60. The number of fused-ring (bicyclic) bond motifs is 1. The molecule has 0 fully saturated rings. The van der Waals surface area contributed by atoms with Crippen LogP contribution < -0.4 is 4.74 Å². The van der Waals surface area contributed by atoms with E-state index in [1.54, 1.807) is 11.3 Å². The number of allylic oxidation sites excluding steroid dienone is 1. The van der Waals surface area contributed by atoms with Crippen molar-refractivity contribution < 1.29 is 14.6 Å². The summed E-state index contributed by atoms with van der Waals surface area (Å²) in [4.78, 5) is 12.2. The number of hydrogen-bond acceptors (Lipinski definition) is 3. The molecule has 0 atom stereocenters. The summed E-state index contributed by atoms with van der Waals surface area (Å²) in [5.41, 5.74) is 5.73. The van der Waals surface area contributed by atoms with Crippen molar-refractivity contribution in [3.05, 3.63) is 58.5 Å². The number of unbranched alkanes of at least 4 members (excludes halogenated alkanes) is 1. The summed E-state index contributed by atoms with van der Waals surface area (Å²) in [5, 5.41) is 10.3. The van der Waals surface area contributed by atoms with Crippen LogP contribution >= 0.6 is 11.3 Å². The molecule has 3 rings (SSSR count). The summed E-state index contributed by atoms with van der Waals surface area (Å²) in [7, 11) is 0. The first-order chi connectivity index (χ1) is 15.5. The summed E-state index contributed by atoms with van der Waals surface area (Å²) in [6.45, 7) is 9.19. The molecule has 0 radical (unpaired) electrons. The average Bonchev–Trinajstić information content (AvgIpc) is 3.20. The smallest absolute Gasteiger partial charge is 0.328 e. The lowest BCUT2D eigenvalue weighted by atomic mass is 9.93. The number of hydrogen-bond donors (Lipinski definition) is 1. The molecule has 0 saturated heterocycles. The third-order valence-electron chi connectivity index (χ3n) is 5.61. The lowest BCUT2D eigenvalue weighted by Gasteiger charge is -2.19. The van der Waals surface area contributed by atoms with Crippen molar-refractivity contribution in [2.75, 3.05) is 6.61 Å². The van der Waals surface area contributed by atoms with Gasteiger partial charge in [0.2, 0.25) is 0 Å². The predicted molar refractivity (Wildman–Crippen MR) is 137 cm³/mol. The summed E-state index contributed by atoms with van der Waals surface area (Å²) < 4.78 is 7.58. The number of aryl methyl sites for hydroxylation is 2. The Hall–Kier alpha value is -2.59. The summed E-state index contributed by atoms with van der Waals surface area (Å²) >= 11 is 1.64. The van der Waals surface area contributed by atoms with E-state index in [-0.39, 0.29) is 0 Å². The molecule has 0 saturated carbocycles. The molecule has 0 unspecified atom stereocenters. The van der Waals surface area contributed by atoms with E-state index < -0.39 is 5.97 Å². The lowest BCUT2D eigenvalue weighted by molar-refractivity contribution is -0.131. The molecule has 3 nitrogen and oxygen atoms in total. The van der Waals surface area contributed by atoms with Crippen LogP contribution in [-0.2, 0) is 17.6 Å². The van der Waals surface area contributed by atoms with Crippen molar-refractivity contribution in [3.8, 4) is 16.9 Å². The van der Waals surface area contributed by atoms with Crippen molar-refractivity contribution in [1.82, 2.24) is 0 Å². The van der Waals surface area contributed by atoms with Gasteiger partial charge in [0.05, 0.1) is 6.61 Å². The van der Waals surface area contributed by atoms with Crippen molar-refractivity contribution >= 4 is 33.0 Å². The van der Waals surface area contributed by atoms with E-state index in [9.17, 15) is 4.79 Å². The quantitative estimate of drug-likeness (QED) is 0.237. The van der Waals surface area contributed by atoms with Crippen LogP contribution in [0.4, 0.5) is 0 Å². The fourth-order valence-electron chi connectivity index (χ4n) is 4.08. The van der Waals surface area contributed by atoms with Crippen molar-refractivity contribution in [3.63, 3.8) is 0 Å². The predicted octanol–water partition coefficient (Wildman–Crippen LogP) is 8.14. The summed E-state index contributed by atoms with van der Waals surface area (Å²) in [6.07, 6.45) is 7.64. The number of ether oxygens (including phenoxy) is 1. The molecule has 0 aliphatic rings. The number of aliphatic carboxylic acids is 1. The van der Waals surface area contributed by atoms with Gasteiger partial charge in [-0.25, -0.2) is 4.79 Å². The van der Waals surface area contributed by atoms with Crippen molar-refractivity contribution in [2.45, 2.75) is 66.2 Å². The molecular formula is C28H34O3S. The Morgan fingerprint density at radius 1 is 1.03 bits per heavy atom. The van der Waals surface area contributed by atoms with Gasteiger partial charge in [-0.1, -0.05) is 58.2 Å². The maximum atomic E-state index is 11.2. The molecule has 3 aromatic rings. The van der Waals surface area contributed by atoms with E-state index in [0.29, 0.717) is 0 Å². The van der Waals surface area contributed by atoms with Crippen molar-refractivity contribution in [1.29, 1.82) is 0 Å². The Bertz CT molecular complexity index is 1110. The number of carbonyl (C=O) groups is 1. The van der Waals surface area contributed by atoms with Gasteiger partial charge in [0.1, 0.15) is 5.75 Å². The number of carboxylic acids is 1. The molecule has 170 valence electrons. The van der Waals surface area contributed by atoms with Gasteiger partial charge >= 0.3 is 5.97 Å². The molecule has 0 amide bonds. The van der Waals surface area contributed by atoms with Gasteiger partial charge in [-0.15, -0.1) is 11.3 Å². The molecule has 1 N–H and O–H groups in total. The molecule has 2 aromatic carbocycles. The first kappa shape index (κ1) is 24.1. The van der Waals surface area contributed by atoms with E-state index in [2.05, 4.69) is 57.2 Å². The molecular weight excluding hydrogens is 416 g/mol. The number of benzene rings is 2. The van der Waals surface area contributed by atoms with Crippen LogP contribution in [-0.4, -0.2) is 17.7 Å². The van der Waals surface area contributed by atoms with E-state index in [1.807, 2.05) is 6.92 Å². The Morgan fingerprint density at radius 2 is 1.81 bits per heavy atom. The molecule has 4 heteroatoms. The SMILES string of the molecule is CCCCOc1c(CCC)cc(CCC)cc1-c1cccc2sc(/C(C)=C\C(=O)O)cc12. The van der Waals surface area contributed by atoms with Gasteiger partial charge < -0.3 is 9.84 Å². The maximum Gasteiger partial charge on any atom is 0.328 e. The number of thiophene rings is 1. The monoisotopic (exact) mass is 450 g/mol. The van der Waals surface area contributed by atoms with Gasteiger partial charge in [0, 0.05) is 26.6 Å². The molecule has 0 bridgehead atoms. The Labute approximate surface area is 195 Å². The van der Waals surface area contributed by atoms with E-state index >= 15 is 0 Å². The minimum atomic E-state index is -0.914. The van der Waals surface area contributed by atoms with E-state index in [4.69, 9.17) is 9.84 Å². The second kappa shape index (κ2) is 11.3. The molecule has 0 aliphatic heterocycles. The second-order valence-corrected chi connectivity index (χ2v) is 9.41. The van der Waals surface area contributed by atoms with Gasteiger partial charge in [-0.2, -0.15) is 0 Å². The summed E-state index contributed by atoms with van der Waals surface area (Å²) in [6, 6.07) is 13.1. The fraction of sp³-hybridized carbons (Fsp3) is 0.393. The second-order valence-electron chi connectivity index (χ2n) is 8.33. The number of rotatable bonds is 11. The van der Waals surface area contributed by atoms with Crippen LogP contribution in [0.1, 0.15) is 69.4 Å². The topological polar surface area (TPSA) is 46.5 Å². The number of carboxylic acid groups (broad SMARTS) is 1. The lowest BCUT2D eigenvalue weighted by Crippen LogP contribution is -2.03. The third-order valence-corrected chi connectivity index (χ3v) is 6.84. The van der Waals surface area contributed by atoms with Gasteiger partial charge in [-0.05, 0) is 66.6 Å². The van der Waals surface area contributed by atoms with Crippen LogP contribution in [0.25, 0.3) is 26.8 Å². The van der Waals surface area contributed by atoms with E-state index in [0.717, 1.165) is 82.5 Å². The molecule has 1 aromatic heterocycles. The van der Waals surface area contributed by atoms with Gasteiger partial charge in [0.15, 0.2) is 0 Å². The zero-order valence-electron chi connectivity index (χ0n) is 19.7. The standard InChI is InChI=1S/C28H34O3S/c1-5-8-14-31-28-21(11-7-3)16-20(10-6-2)17-24(28)22-12-9-13-25-23(22)18-26(32-25)19(4)15-27(29)30/h9,12-13,15-18H,5-8,10-11,14H2,1-4H3,(H,29,30)/b19-15-. The first-order valence-electron chi connectivity index (χ1n) is 11.7. The maximum absolute atomic E-state index is 11.2. The van der Waals surface area contributed by atoms with Gasteiger partial charge in [-0.3, -0.25) is 0 Å². The van der Waals surface area contributed by atoms with Crippen LogP contribution in [0.2, 0.25) is 0 Å². The fourth-order valence-corrected chi connectivity index (χ4v) is 5.14. The summed E-state index contributed by atoms with van der Waals surface area (Å²) in [5.74, 6) is 0.0986. The molecule has 32 heavy (non-hydrogen) atoms. The van der Waals surface area contributed by atoms with Crippen LogP contribution in [0.15, 0.2) is 42.5 Å². The van der Waals surface area contributed by atoms with Gasteiger partial charge in [0.25, 0.3) is 0 Å². The minimum absolute atomic E-state index is 0.721. The average molecular weight is 451 g/mol.